The van der Waals surface area contributed by atoms with E-state index in [1.165, 1.54) is 6.20 Å². The number of pyridine rings is 1. The number of anilines is 1. The molecule has 1 aliphatic heterocycles. The molecule has 0 aromatic carbocycles. The highest BCUT2D eigenvalue weighted by Crippen LogP contribution is 2.35. The Hall–Kier alpha value is -1.21. The number of halogens is 1. The SMILES string of the molecule is CNCC1CCCN1c1ncc([N+](=O)[O-])c(C)c1Br. The van der Waals surface area contributed by atoms with Crippen LogP contribution in [-0.2, 0) is 0 Å². The standard InChI is InChI=1S/C12H17BrN4O2/c1-8-10(17(18)19)7-15-12(11(8)13)16-5-3-4-9(16)6-14-2/h7,9,14H,3-6H2,1-2H3. The quantitative estimate of drug-likeness (QED) is 0.678. The molecule has 0 saturated carbocycles. The summed E-state index contributed by atoms with van der Waals surface area (Å²) in [5.74, 6) is 0.806. The van der Waals surface area contributed by atoms with Crippen molar-refractivity contribution in [1.29, 1.82) is 0 Å². The molecule has 1 fully saturated rings. The number of nitro groups is 1. The molecular weight excluding hydrogens is 312 g/mol. The van der Waals surface area contributed by atoms with Crippen LogP contribution in [0.4, 0.5) is 11.5 Å². The van der Waals surface area contributed by atoms with E-state index in [9.17, 15) is 10.1 Å². The van der Waals surface area contributed by atoms with E-state index >= 15 is 0 Å². The minimum atomic E-state index is -0.397. The first-order valence-electron chi connectivity index (χ1n) is 6.27. The van der Waals surface area contributed by atoms with Gasteiger partial charge < -0.3 is 10.2 Å². The van der Waals surface area contributed by atoms with Crippen LogP contribution in [0.1, 0.15) is 18.4 Å². The molecule has 1 N–H and O–H groups in total. The molecule has 0 bridgehead atoms. The average molecular weight is 329 g/mol. The van der Waals surface area contributed by atoms with Crippen LogP contribution in [0.15, 0.2) is 10.7 Å². The zero-order valence-corrected chi connectivity index (χ0v) is 12.6. The Bertz CT molecular complexity index is 495. The molecule has 2 rings (SSSR count). The Morgan fingerprint density at radius 1 is 1.68 bits per heavy atom. The largest absolute Gasteiger partial charge is 0.351 e. The molecule has 104 valence electrons. The van der Waals surface area contributed by atoms with Crippen LogP contribution in [0.2, 0.25) is 0 Å². The third-order valence-corrected chi connectivity index (χ3v) is 4.45. The number of hydrogen-bond donors (Lipinski definition) is 1. The monoisotopic (exact) mass is 328 g/mol. The smallest absolute Gasteiger partial charge is 0.291 e. The molecule has 1 aromatic rings. The molecule has 2 heterocycles. The second-order valence-electron chi connectivity index (χ2n) is 4.71. The molecule has 1 aromatic heterocycles. The van der Waals surface area contributed by atoms with Crippen molar-refractivity contribution in [3.8, 4) is 0 Å². The highest BCUT2D eigenvalue weighted by molar-refractivity contribution is 9.10. The third-order valence-electron chi connectivity index (χ3n) is 3.50. The highest BCUT2D eigenvalue weighted by atomic mass is 79.9. The minimum Gasteiger partial charge on any atom is -0.351 e. The average Bonchev–Trinajstić information content (AvgIpc) is 2.81. The zero-order valence-electron chi connectivity index (χ0n) is 11.0. The van der Waals surface area contributed by atoms with E-state index in [0.29, 0.717) is 11.6 Å². The summed E-state index contributed by atoms with van der Waals surface area (Å²) >= 11 is 3.46. The van der Waals surface area contributed by atoms with E-state index in [0.717, 1.165) is 36.2 Å². The van der Waals surface area contributed by atoms with E-state index in [1.54, 1.807) is 6.92 Å². The number of nitrogens with one attached hydrogen (secondary N) is 1. The molecule has 1 saturated heterocycles. The Labute approximate surface area is 120 Å². The van der Waals surface area contributed by atoms with E-state index in [1.807, 2.05) is 7.05 Å². The van der Waals surface area contributed by atoms with Gasteiger partial charge in [0, 0.05) is 24.7 Å². The van der Waals surface area contributed by atoms with Crippen LogP contribution in [0, 0.1) is 17.0 Å². The lowest BCUT2D eigenvalue weighted by Gasteiger charge is -2.26. The van der Waals surface area contributed by atoms with E-state index in [4.69, 9.17) is 0 Å². The summed E-state index contributed by atoms with van der Waals surface area (Å²) < 4.78 is 0.727. The zero-order chi connectivity index (χ0) is 14.0. The van der Waals surface area contributed by atoms with Crippen molar-refractivity contribution in [2.24, 2.45) is 0 Å². The second-order valence-corrected chi connectivity index (χ2v) is 5.50. The van der Waals surface area contributed by atoms with Crippen molar-refractivity contribution in [3.63, 3.8) is 0 Å². The highest BCUT2D eigenvalue weighted by Gasteiger charge is 2.28. The Kier molecular flexibility index (Phi) is 4.36. The van der Waals surface area contributed by atoms with Crippen LogP contribution in [0.5, 0.6) is 0 Å². The number of nitrogens with zero attached hydrogens (tertiary/aromatic N) is 3. The first-order chi connectivity index (χ1) is 9.06. The summed E-state index contributed by atoms with van der Waals surface area (Å²) in [5.41, 5.74) is 0.685. The molecule has 1 aliphatic rings. The van der Waals surface area contributed by atoms with Gasteiger partial charge in [-0.05, 0) is 42.7 Å². The van der Waals surface area contributed by atoms with E-state index in [2.05, 4.69) is 31.1 Å². The molecule has 0 amide bonds. The number of likely N-dealkylation sites (N-methyl/N-ethyl adjacent to an activating group) is 1. The van der Waals surface area contributed by atoms with E-state index in [-0.39, 0.29) is 5.69 Å². The number of hydrogen-bond acceptors (Lipinski definition) is 5. The van der Waals surface area contributed by atoms with Gasteiger partial charge in [-0.2, -0.15) is 0 Å². The summed E-state index contributed by atoms with van der Waals surface area (Å²) in [6, 6.07) is 0.398. The number of rotatable bonds is 4. The lowest BCUT2D eigenvalue weighted by atomic mass is 10.2. The number of aromatic nitrogens is 1. The fourth-order valence-electron chi connectivity index (χ4n) is 2.50. The molecule has 7 heteroatoms. The van der Waals surface area contributed by atoms with Gasteiger partial charge in [-0.3, -0.25) is 10.1 Å². The fourth-order valence-corrected chi connectivity index (χ4v) is 3.04. The lowest BCUT2D eigenvalue weighted by Crippen LogP contribution is -2.37. The van der Waals surface area contributed by atoms with Crippen LogP contribution in [-0.4, -0.2) is 36.1 Å². The van der Waals surface area contributed by atoms with Gasteiger partial charge in [0.1, 0.15) is 12.0 Å². The van der Waals surface area contributed by atoms with Gasteiger partial charge in [-0.15, -0.1) is 0 Å². The normalized spacial score (nSPS) is 18.9. The first-order valence-corrected chi connectivity index (χ1v) is 7.06. The molecule has 1 atom stereocenters. The Morgan fingerprint density at radius 3 is 3.05 bits per heavy atom. The maximum absolute atomic E-state index is 10.9. The van der Waals surface area contributed by atoms with Gasteiger partial charge in [-0.25, -0.2) is 4.98 Å². The fraction of sp³-hybridized carbons (Fsp3) is 0.583. The van der Waals surface area contributed by atoms with E-state index < -0.39 is 4.92 Å². The van der Waals surface area contributed by atoms with Crippen LogP contribution >= 0.6 is 15.9 Å². The molecule has 0 radical (unpaired) electrons. The molecule has 0 aliphatic carbocycles. The molecular formula is C12H17BrN4O2. The molecule has 1 unspecified atom stereocenters. The minimum absolute atomic E-state index is 0.0555. The molecule has 6 nitrogen and oxygen atoms in total. The van der Waals surface area contributed by atoms with Crippen molar-refractivity contribution < 1.29 is 4.92 Å². The maximum atomic E-state index is 10.9. The second kappa shape index (κ2) is 5.83. The Balaban J connectivity index is 2.35. The van der Waals surface area contributed by atoms with Crippen LogP contribution < -0.4 is 10.2 Å². The van der Waals surface area contributed by atoms with Crippen molar-refractivity contribution in [1.82, 2.24) is 10.3 Å². The van der Waals surface area contributed by atoms with Crippen molar-refractivity contribution in [2.75, 3.05) is 25.0 Å². The summed E-state index contributed by atoms with van der Waals surface area (Å²) in [7, 11) is 1.93. The summed E-state index contributed by atoms with van der Waals surface area (Å²) in [6.07, 6.45) is 3.59. The van der Waals surface area contributed by atoms with Gasteiger partial charge >= 0.3 is 0 Å². The predicted molar refractivity (Wildman–Crippen MR) is 77.6 cm³/mol. The molecule has 0 spiro atoms. The van der Waals surface area contributed by atoms with Gasteiger partial charge in [-0.1, -0.05) is 0 Å². The maximum Gasteiger partial charge on any atom is 0.291 e. The topological polar surface area (TPSA) is 71.3 Å². The van der Waals surface area contributed by atoms with Crippen molar-refractivity contribution in [3.05, 3.63) is 26.3 Å². The first kappa shape index (κ1) is 14.2. The van der Waals surface area contributed by atoms with Crippen molar-refractivity contribution >= 4 is 27.4 Å². The third kappa shape index (κ3) is 2.71. The Morgan fingerprint density at radius 2 is 2.42 bits per heavy atom. The molecule has 19 heavy (non-hydrogen) atoms. The van der Waals surface area contributed by atoms with Gasteiger partial charge in [0.25, 0.3) is 5.69 Å². The van der Waals surface area contributed by atoms with Crippen molar-refractivity contribution in [2.45, 2.75) is 25.8 Å². The van der Waals surface area contributed by atoms with Gasteiger partial charge in [0.15, 0.2) is 0 Å². The van der Waals surface area contributed by atoms with Gasteiger partial charge in [0.2, 0.25) is 0 Å². The summed E-state index contributed by atoms with van der Waals surface area (Å²) in [5, 5.41) is 14.1. The summed E-state index contributed by atoms with van der Waals surface area (Å²) in [4.78, 5) is 17.0. The predicted octanol–water partition coefficient (Wildman–Crippen LogP) is 2.25. The van der Waals surface area contributed by atoms with Crippen LogP contribution in [0.3, 0.4) is 0 Å². The summed E-state index contributed by atoms with van der Waals surface area (Å²) in [6.45, 7) is 3.58. The van der Waals surface area contributed by atoms with Gasteiger partial charge in [0.05, 0.1) is 9.40 Å². The lowest BCUT2D eigenvalue weighted by molar-refractivity contribution is -0.385. The van der Waals surface area contributed by atoms with Crippen LogP contribution in [0.25, 0.3) is 0 Å².